The zero-order valence-electron chi connectivity index (χ0n) is 15.9. The van der Waals surface area contributed by atoms with Crippen molar-refractivity contribution in [3.05, 3.63) is 64.7 Å². The van der Waals surface area contributed by atoms with Gasteiger partial charge in [-0.25, -0.2) is 0 Å². The second-order valence-corrected chi connectivity index (χ2v) is 8.60. The Labute approximate surface area is 150 Å². The van der Waals surface area contributed by atoms with Crippen LogP contribution in [-0.2, 0) is 10.8 Å². The van der Waals surface area contributed by atoms with Gasteiger partial charge in [0, 0.05) is 16.7 Å². The van der Waals surface area contributed by atoms with E-state index in [1.807, 2.05) is 47.6 Å². The first-order valence-electron chi connectivity index (χ1n) is 8.58. The summed E-state index contributed by atoms with van der Waals surface area (Å²) in [4.78, 5) is 12.9. The predicted octanol–water partition coefficient (Wildman–Crippen LogP) is 4.90. The third-order valence-electron chi connectivity index (χ3n) is 4.37. The summed E-state index contributed by atoms with van der Waals surface area (Å²) in [5.41, 5.74) is 1.77. The van der Waals surface area contributed by atoms with Crippen LogP contribution in [0.15, 0.2) is 42.5 Å². The Morgan fingerprint density at radius 1 is 0.880 bits per heavy atom. The average molecular weight is 340 g/mol. The summed E-state index contributed by atoms with van der Waals surface area (Å²) in [6.45, 7) is 12.0. The van der Waals surface area contributed by atoms with E-state index in [-0.39, 0.29) is 22.4 Å². The lowest BCUT2D eigenvalue weighted by atomic mass is 9.77. The molecule has 25 heavy (non-hydrogen) atoms. The Morgan fingerprint density at radius 2 is 1.32 bits per heavy atom. The molecule has 1 unspecified atom stereocenters. The van der Waals surface area contributed by atoms with Crippen LogP contribution in [0.5, 0.6) is 5.75 Å². The van der Waals surface area contributed by atoms with E-state index in [1.165, 1.54) is 0 Å². The largest absolute Gasteiger partial charge is 0.507 e. The normalized spacial score (nSPS) is 13.6. The molecule has 0 amide bonds. The second-order valence-electron chi connectivity index (χ2n) is 8.60. The van der Waals surface area contributed by atoms with E-state index in [1.54, 1.807) is 36.4 Å². The number of phenolic OH excluding ortho intramolecular Hbond substituents is 1. The SMILES string of the molecule is CC(C)(C)c1cc(C(=O)C(O)c2ccccc2)cc(C(C)(C)C)c1O. The number of rotatable bonds is 3. The molecule has 0 heterocycles. The third kappa shape index (κ3) is 4.10. The average Bonchev–Trinajstić information content (AvgIpc) is 2.52. The van der Waals surface area contributed by atoms with Crippen LogP contribution < -0.4 is 0 Å². The second kappa shape index (κ2) is 6.64. The van der Waals surface area contributed by atoms with Gasteiger partial charge in [0.1, 0.15) is 11.9 Å². The molecule has 3 heteroatoms. The van der Waals surface area contributed by atoms with Gasteiger partial charge >= 0.3 is 0 Å². The Hall–Kier alpha value is -2.13. The minimum absolute atomic E-state index is 0.228. The topological polar surface area (TPSA) is 57.5 Å². The van der Waals surface area contributed by atoms with Crippen LogP contribution in [0.25, 0.3) is 0 Å². The number of carbonyl (C=O) groups is 1. The lowest BCUT2D eigenvalue weighted by Crippen LogP contribution is -2.20. The molecule has 3 nitrogen and oxygen atoms in total. The monoisotopic (exact) mass is 340 g/mol. The number of Topliss-reactive ketones (excluding diaryl/α,β-unsaturated/α-hetero) is 1. The highest BCUT2D eigenvalue weighted by molar-refractivity contribution is 6.00. The van der Waals surface area contributed by atoms with Crippen molar-refractivity contribution in [3.63, 3.8) is 0 Å². The van der Waals surface area contributed by atoms with Crippen LogP contribution in [0, 0.1) is 0 Å². The molecule has 2 aromatic rings. The molecular weight excluding hydrogens is 312 g/mol. The molecule has 0 fully saturated rings. The fraction of sp³-hybridized carbons (Fsp3) is 0.409. The Morgan fingerprint density at radius 3 is 1.72 bits per heavy atom. The van der Waals surface area contributed by atoms with Gasteiger partial charge in [-0.15, -0.1) is 0 Å². The molecule has 0 saturated heterocycles. The maximum atomic E-state index is 12.9. The first-order valence-corrected chi connectivity index (χ1v) is 8.58. The third-order valence-corrected chi connectivity index (χ3v) is 4.37. The zero-order valence-corrected chi connectivity index (χ0v) is 15.9. The number of benzene rings is 2. The fourth-order valence-corrected chi connectivity index (χ4v) is 2.86. The molecule has 2 aromatic carbocycles. The number of hydrogen-bond donors (Lipinski definition) is 2. The maximum absolute atomic E-state index is 12.9. The molecule has 0 aromatic heterocycles. The quantitative estimate of drug-likeness (QED) is 0.781. The van der Waals surface area contributed by atoms with Gasteiger partial charge in [-0.3, -0.25) is 4.79 Å². The number of aliphatic hydroxyl groups is 1. The van der Waals surface area contributed by atoms with Crippen molar-refractivity contribution in [2.24, 2.45) is 0 Å². The lowest BCUT2D eigenvalue weighted by Gasteiger charge is -2.28. The number of aromatic hydroxyl groups is 1. The van der Waals surface area contributed by atoms with Gasteiger partial charge in [-0.1, -0.05) is 71.9 Å². The van der Waals surface area contributed by atoms with Gasteiger partial charge in [0.25, 0.3) is 0 Å². The maximum Gasteiger partial charge on any atom is 0.195 e. The van der Waals surface area contributed by atoms with Gasteiger partial charge in [0.2, 0.25) is 0 Å². The van der Waals surface area contributed by atoms with Crippen LogP contribution in [-0.4, -0.2) is 16.0 Å². The Balaban J connectivity index is 2.59. The van der Waals surface area contributed by atoms with Gasteiger partial charge in [-0.05, 0) is 28.5 Å². The van der Waals surface area contributed by atoms with Gasteiger partial charge < -0.3 is 10.2 Å². The van der Waals surface area contributed by atoms with E-state index in [0.717, 1.165) is 0 Å². The van der Waals surface area contributed by atoms with Crippen molar-refractivity contribution in [3.8, 4) is 5.75 Å². The zero-order chi connectivity index (χ0) is 19.0. The van der Waals surface area contributed by atoms with E-state index in [2.05, 4.69) is 0 Å². The number of hydrogen-bond acceptors (Lipinski definition) is 3. The molecule has 0 radical (unpaired) electrons. The van der Waals surface area contributed by atoms with Crippen LogP contribution in [0.4, 0.5) is 0 Å². The Kier molecular flexibility index (Phi) is 5.10. The standard InChI is InChI=1S/C22H28O3/c1-21(2,3)16-12-15(13-17(20(16)25)22(4,5)6)19(24)18(23)14-10-8-7-9-11-14/h7-13,18,23,25H,1-6H3. The minimum Gasteiger partial charge on any atom is -0.507 e. The molecule has 2 rings (SSSR count). The molecule has 0 spiro atoms. The molecule has 0 aliphatic carbocycles. The van der Waals surface area contributed by atoms with Crippen molar-refractivity contribution in [2.45, 2.75) is 58.5 Å². The summed E-state index contributed by atoms with van der Waals surface area (Å²) in [5.74, 6) is -0.132. The van der Waals surface area contributed by atoms with Crippen LogP contribution in [0.1, 0.15) is 74.7 Å². The summed E-state index contributed by atoms with van der Waals surface area (Å²) in [6.07, 6.45) is -1.22. The number of aliphatic hydroxyl groups excluding tert-OH is 1. The molecule has 0 aliphatic heterocycles. The van der Waals surface area contributed by atoms with E-state index in [4.69, 9.17) is 0 Å². The molecule has 0 aliphatic rings. The highest BCUT2D eigenvalue weighted by atomic mass is 16.3. The number of carbonyl (C=O) groups excluding carboxylic acids is 1. The summed E-state index contributed by atoms with van der Waals surface area (Å²) < 4.78 is 0. The summed E-state index contributed by atoms with van der Waals surface area (Å²) in [6, 6.07) is 12.3. The van der Waals surface area contributed by atoms with E-state index < -0.39 is 6.10 Å². The molecule has 1 atom stereocenters. The van der Waals surface area contributed by atoms with Gasteiger partial charge in [-0.2, -0.15) is 0 Å². The van der Waals surface area contributed by atoms with Crippen LogP contribution in [0.3, 0.4) is 0 Å². The number of ketones is 1. The molecule has 0 bridgehead atoms. The van der Waals surface area contributed by atoms with E-state index in [0.29, 0.717) is 22.3 Å². The number of phenols is 1. The van der Waals surface area contributed by atoms with Crippen molar-refractivity contribution >= 4 is 5.78 Å². The van der Waals surface area contributed by atoms with Crippen molar-refractivity contribution < 1.29 is 15.0 Å². The predicted molar refractivity (Wildman–Crippen MR) is 101 cm³/mol. The minimum atomic E-state index is -1.22. The van der Waals surface area contributed by atoms with Crippen LogP contribution in [0.2, 0.25) is 0 Å². The Bertz CT molecular complexity index is 727. The smallest absolute Gasteiger partial charge is 0.195 e. The van der Waals surface area contributed by atoms with E-state index >= 15 is 0 Å². The summed E-state index contributed by atoms with van der Waals surface area (Å²) >= 11 is 0. The summed E-state index contributed by atoms with van der Waals surface area (Å²) in [5, 5.41) is 21.2. The fourth-order valence-electron chi connectivity index (χ4n) is 2.86. The van der Waals surface area contributed by atoms with Gasteiger partial charge in [0.05, 0.1) is 0 Å². The first-order chi connectivity index (χ1) is 11.4. The first kappa shape index (κ1) is 19.2. The molecule has 2 N–H and O–H groups in total. The summed E-state index contributed by atoms with van der Waals surface area (Å²) in [7, 11) is 0. The van der Waals surface area contributed by atoms with Crippen LogP contribution >= 0.6 is 0 Å². The molecule has 0 saturated carbocycles. The highest BCUT2D eigenvalue weighted by Crippen LogP contribution is 2.40. The van der Waals surface area contributed by atoms with Crippen molar-refractivity contribution in [1.29, 1.82) is 0 Å². The molecular formula is C22H28O3. The van der Waals surface area contributed by atoms with Crippen molar-refractivity contribution in [1.82, 2.24) is 0 Å². The molecule has 134 valence electrons. The highest BCUT2D eigenvalue weighted by Gasteiger charge is 2.29. The van der Waals surface area contributed by atoms with E-state index in [9.17, 15) is 15.0 Å². The van der Waals surface area contributed by atoms with Crippen molar-refractivity contribution in [2.75, 3.05) is 0 Å². The van der Waals surface area contributed by atoms with Gasteiger partial charge in [0.15, 0.2) is 5.78 Å². The lowest BCUT2D eigenvalue weighted by molar-refractivity contribution is 0.0747.